The Hall–Kier alpha value is -0.160. The molecule has 98 valence electrons. The van der Waals surface area contributed by atoms with Gasteiger partial charge in [0.1, 0.15) is 6.04 Å². The zero-order valence-corrected chi connectivity index (χ0v) is 12.8. The molecule has 0 radical (unpaired) electrons. The quantitative estimate of drug-likeness (QED) is 0.314. The number of urea groups is 1. The van der Waals surface area contributed by atoms with E-state index < -0.39 is 28.5 Å². The summed E-state index contributed by atoms with van der Waals surface area (Å²) in [6, 6.07) is -1.75. The Balaban J connectivity index is 0.00000162. The minimum atomic E-state index is -4.74. The van der Waals surface area contributed by atoms with Crippen LogP contribution >= 0.6 is 0 Å². The van der Waals surface area contributed by atoms with E-state index in [1.54, 1.807) is 13.0 Å². The second-order valence-corrected chi connectivity index (χ2v) is 4.94. The number of hydrogen-bond donors (Lipinski definition) is 2. The number of hydrogen-bond acceptors (Lipinski definition) is 5. The number of hydroxylamine groups is 2. The summed E-state index contributed by atoms with van der Waals surface area (Å²) in [5, 5.41) is 9.71. The van der Waals surface area contributed by atoms with Gasteiger partial charge in [0.2, 0.25) is 0 Å². The summed E-state index contributed by atoms with van der Waals surface area (Å²) in [6.07, 6.45) is 1.67. The molecule has 2 amide bonds. The van der Waals surface area contributed by atoms with Crippen molar-refractivity contribution in [1.82, 2.24) is 9.96 Å². The number of amides is 2. The predicted molar refractivity (Wildman–Crippen MR) is 56.1 cm³/mol. The first-order chi connectivity index (χ1) is 7.83. The van der Waals surface area contributed by atoms with Crippen LogP contribution in [0.4, 0.5) is 4.79 Å². The minimum absolute atomic E-state index is 0. The molecule has 0 aliphatic carbocycles. The average Bonchev–Trinajstić information content (AvgIpc) is 2.48. The summed E-state index contributed by atoms with van der Waals surface area (Å²) in [7, 11) is -4.74. The molecule has 0 aromatic rings. The van der Waals surface area contributed by atoms with Crippen molar-refractivity contribution in [3.8, 4) is 0 Å². The molecule has 2 N–H and O–H groups in total. The minimum Gasteiger partial charge on any atom is -1.00 e. The van der Waals surface area contributed by atoms with Crippen LogP contribution in [0.15, 0.2) is 11.6 Å². The van der Waals surface area contributed by atoms with Crippen molar-refractivity contribution >= 4 is 16.4 Å². The fraction of sp³-hybridized carbons (Fsp3) is 0.625. The topological polar surface area (TPSA) is 107 Å². The van der Waals surface area contributed by atoms with Crippen LogP contribution in [0, 0.1) is 0 Å². The Morgan fingerprint density at radius 2 is 2.22 bits per heavy atom. The van der Waals surface area contributed by atoms with E-state index in [1.807, 2.05) is 0 Å². The molecule has 2 rings (SSSR count). The van der Waals surface area contributed by atoms with Crippen molar-refractivity contribution in [1.29, 1.82) is 0 Å². The van der Waals surface area contributed by atoms with Gasteiger partial charge in [-0.05, 0) is 12.5 Å². The molecule has 0 aromatic heterocycles. The summed E-state index contributed by atoms with van der Waals surface area (Å²) in [5.74, 6) is 0. The van der Waals surface area contributed by atoms with E-state index in [9.17, 15) is 13.2 Å². The fourth-order valence-electron chi connectivity index (χ4n) is 2.05. The maximum Gasteiger partial charge on any atom is 1.00 e. The van der Waals surface area contributed by atoms with Crippen LogP contribution in [0.2, 0.25) is 0 Å². The Bertz CT molecular complexity index is 484. The molecule has 2 unspecified atom stereocenters. The zero-order valence-electron chi connectivity index (χ0n) is 11.0. The first-order valence-corrected chi connectivity index (χ1v) is 6.26. The molecule has 2 aliphatic rings. The number of carbonyl (C=O) groups is 1. The maximum absolute atomic E-state index is 11.8. The molecule has 0 spiro atoms. The van der Waals surface area contributed by atoms with E-state index >= 15 is 0 Å². The second kappa shape index (κ2) is 5.45. The standard InChI is InChI=1S/C8H12N2O6S.Na.H/c1-5-2-6(4-11)9-3-7(5)10(8(9)12)16-17(13,14)15;;/h2,6-7,11H,3-4H2,1H3,(H,13,14,15);;/q;+1;-1. The van der Waals surface area contributed by atoms with Crippen molar-refractivity contribution in [3.05, 3.63) is 11.6 Å². The Morgan fingerprint density at radius 1 is 1.61 bits per heavy atom. The summed E-state index contributed by atoms with van der Waals surface area (Å²) >= 11 is 0. The van der Waals surface area contributed by atoms with Crippen LogP contribution in [-0.2, 0) is 14.7 Å². The number of aliphatic hydroxyl groups is 1. The molecule has 8 nitrogen and oxygen atoms in total. The molecule has 1 fully saturated rings. The third-order valence-corrected chi connectivity index (χ3v) is 3.18. The number of nitrogens with zero attached hydrogens (tertiary/aromatic N) is 2. The van der Waals surface area contributed by atoms with Gasteiger partial charge >= 0.3 is 46.0 Å². The molecule has 18 heavy (non-hydrogen) atoms. The Morgan fingerprint density at radius 3 is 2.72 bits per heavy atom. The van der Waals surface area contributed by atoms with Crippen LogP contribution in [0.25, 0.3) is 0 Å². The van der Waals surface area contributed by atoms with Crippen LogP contribution < -0.4 is 29.6 Å². The number of fused-ring (bicyclic) bond motifs is 2. The SMILES string of the molecule is CC1=CC(CO)N2CC1N(OS(=O)(=O)O)C2=O.[H-].[Na+]. The van der Waals surface area contributed by atoms with Gasteiger partial charge in [-0.1, -0.05) is 6.08 Å². The average molecular weight is 288 g/mol. The van der Waals surface area contributed by atoms with Crippen molar-refractivity contribution in [2.75, 3.05) is 13.2 Å². The van der Waals surface area contributed by atoms with E-state index in [-0.39, 0.29) is 44.1 Å². The second-order valence-electron chi connectivity index (χ2n) is 3.94. The molecule has 10 heteroatoms. The van der Waals surface area contributed by atoms with Crippen molar-refractivity contribution < 1.29 is 58.1 Å². The van der Waals surface area contributed by atoms with Gasteiger partial charge in [0.05, 0.1) is 19.2 Å². The van der Waals surface area contributed by atoms with Gasteiger partial charge < -0.3 is 11.4 Å². The van der Waals surface area contributed by atoms with Gasteiger partial charge in [0, 0.05) is 0 Å². The summed E-state index contributed by atoms with van der Waals surface area (Å²) < 4.78 is 34.1. The van der Waals surface area contributed by atoms with Gasteiger partial charge in [-0.3, -0.25) is 4.55 Å². The van der Waals surface area contributed by atoms with Gasteiger partial charge in [0.25, 0.3) is 0 Å². The van der Waals surface area contributed by atoms with Crippen LogP contribution in [-0.4, -0.2) is 59.3 Å². The van der Waals surface area contributed by atoms with Gasteiger partial charge in [0.15, 0.2) is 0 Å². The van der Waals surface area contributed by atoms with Crippen LogP contribution in [0.5, 0.6) is 0 Å². The third-order valence-electron chi connectivity index (χ3n) is 2.83. The fourth-order valence-corrected chi connectivity index (χ4v) is 2.42. The first kappa shape index (κ1) is 15.9. The Kier molecular flexibility index (Phi) is 4.81. The largest absolute Gasteiger partial charge is 1.00 e. The van der Waals surface area contributed by atoms with E-state index in [0.717, 1.165) is 0 Å². The predicted octanol–water partition coefficient (Wildman–Crippen LogP) is -3.74. The van der Waals surface area contributed by atoms with Gasteiger partial charge in [-0.25, -0.2) is 4.79 Å². The van der Waals surface area contributed by atoms with Crippen LogP contribution in [0.3, 0.4) is 0 Å². The first-order valence-electron chi connectivity index (χ1n) is 4.89. The number of aliphatic hydroxyl groups excluding tert-OH is 1. The molecule has 2 heterocycles. The van der Waals surface area contributed by atoms with E-state index in [2.05, 4.69) is 4.28 Å². The van der Waals surface area contributed by atoms with Gasteiger partial charge in [-0.15, -0.1) is 4.28 Å². The molecule has 2 bridgehead atoms. The number of carbonyl (C=O) groups excluding carboxylic acids is 1. The van der Waals surface area contributed by atoms with E-state index in [0.29, 0.717) is 10.6 Å². The van der Waals surface area contributed by atoms with Crippen molar-refractivity contribution in [3.63, 3.8) is 0 Å². The summed E-state index contributed by atoms with van der Waals surface area (Å²) in [4.78, 5) is 13.1. The van der Waals surface area contributed by atoms with Crippen molar-refractivity contribution in [2.45, 2.75) is 19.0 Å². The molecule has 0 aromatic carbocycles. The normalized spacial score (nSPS) is 27.1. The molecule has 2 aliphatic heterocycles. The zero-order chi connectivity index (χ0) is 12.8. The summed E-state index contributed by atoms with van der Waals surface area (Å²) in [5.41, 5.74) is 0.704. The van der Waals surface area contributed by atoms with Crippen molar-refractivity contribution in [2.24, 2.45) is 0 Å². The molecular weight excluding hydrogens is 275 g/mol. The maximum atomic E-state index is 11.8. The molecule has 2 atom stereocenters. The summed E-state index contributed by atoms with van der Waals surface area (Å²) in [6.45, 7) is 1.67. The monoisotopic (exact) mass is 288 g/mol. The Labute approximate surface area is 128 Å². The third kappa shape index (κ3) is 2.87. The molecular formula is C8H13N2NaO6S. The molecule has 1 saturated heterocycles. The number of rotatable bonds is 3. The van der Waals surface area contributed by atoms with E-state index in [1.165, 1.54) is 4.90 Å². The van der Waals surface area contributed by atoms with Gasteiger partial charge in [-0.2, -0.15) is 13.5 Å². The van der Waals surface area contributed by atoms with E-state index in [4.69, 9.17) is 9.66 Å². The molecule has 0 saturated carbocycles. The smallest absolute Gasteiger partial charge is 1.00 e. The van der Waals surface area contributed by atoms with Crippen LogP contribution in [0.1, 0.15) is 8.35 Å².